The van der Waals surface area contributed by atoms with Crippen molar-refractivity contribution in [3.05, 3.63) is 70.3 Å². The largest absolute Gasteiger partial charge is 0.368 e. The highest BCUT2D eigenvalue weighted by Gasteiger charge is 2.39. The first-order valence-corrected chi connectivity index (χ1v) is 10.7. The van der Waals surface area contributed by atoms with Crippen molar-refractivity contribution in [1.82, 2.24) is 14.9 Å². The molecular weight excluding hydrogens is 374 g/mol. The molecule has 2 unspecified atom stereocenters. The Hall–Kier alpha value is -3.17. The van der Waals surface area contributed by atoms with Crippen molar-refractivity contribution in [3.63, 3.8) is 0 Å². The predicted molar refractivity (Wildman–Crippen MR) is 118 cm³/mol. The molecule has 2 atom stereocenters. The molecule has 1 aromatic carbocycles. The third kappa shape index (κ3) is 3.57. The fraction of sp³-hybridized carbons (Fsp3) is 0.375. The third-order valence-corrected chi connectivity index (χ3v) is 6.53. The molecule has 6 heteroatoms. The lowest BCUT2D eigenvalue weighted by Crippen LogP contribution is -2.54. The van der Waals surface area contributed by atoms with Gasteiger partial charge in [0.1, 0.15) is 0 Å². The second-order valence-corrected chi connectivity index (χ2v) is 8.35. The van der Waals surface area contributed by atoms with Crippen LogP contribution in [0, 0.1) is 11.3 Å². The van der Waals surface area contributed by atoms with Crippen LogP contribution < -0.4 is 10.5 Å². The van der Waals surface area contributed by atoms with Crippen LogP contribution in [0.1, 0.15) is 30.5 Å². The lowest BCUT2D eigenvalue weighted by atomic mass is 10.1. The Morgan fingerprint density at radius 1 is 1.13 bits per heavy atom. The minimum absolute atomic E-state index is 0.0494. The van der Waals surface area contributed by atoms with E-state index < -0.39 is 0 Å². The molecule has 0 radical (unpaired) electrons. The van der Waals surface area contributed by atoms with Gasteiger partial charge in [0.15, 0.2) is 0 Å². The fourth-order valence-corrected chi connectivity index (χ4v) is 5.04. The van der Waals surface area contributed by atoms with E-state index in [2.05, 4.69) is 38.0 Å². The van der Waals surface area contributed by atoms with Gasteiger partial charge in [-0.1, -0.05) is 0 Å². The third-order valence-electron chi connectivity index (χ3n) is 6.53. The van der Waals surface area contributed by atoms with Gasteiger partial charge >= 0.3 is 0 Å². The van der Waals surface area contributed by atoms with Crippen molar-refractivity contribution < 1.29 is 0 Å². The number of piperazine rings is 1. The molecule has 3 aromatic rings. The molecule has 2 aliphatic rings. The van der Waals surface area contributed by atoms with Crippen LogP contribution in [0.4, 0.5) is 5.69 Å². The van der Waals surface area contributed by atoms with Crippen LogP contribution in [0.3, 0.4) is 0 Å². The first-order chi connectivity index (χ1) is 14.7. The number of pyridine rings is 2. The number of fused-ring (bicyclic) bond motifs is 3. The summed E-state index contributed by atoms with van der Waals surface area (Å²) in [6.07, 6.45) is 6.11. The lowest BCUT2D eigenvalue weighted by molar-refractivity contribution is 0.167. The number of nitrogens with zero attached hydrogens (tertiary/aromatic N) is 4. The van der Waals surface area contributed by atoms with Crippen molar-refractivity contribution in [2.24, 2.45) is 0 Å². The first-order valence-electron chi connectivity index (χ1n) is 10.7. The molecule has 0 spiro atoms. The summed E-state index contributed by atoms with van der Waals surface area (Å²) >= 11 is 0. The molecule has 2 saturated heterocycles. The van der Waals surface area contributed by atoms with Crippen molar-refractivity contribution in [3.8, 4) is 6.07 Å². The van der Waals surface area contributed by atoms with Crippen molar-refractivity contribution >= 4 is 16.6 Å². The predicted octanol–water partition coefficient (Wildman–Crippen LogP) is 3.08. The molecule has 2 aliphatic heterocycles. The molecule has 2 aromatic heterocycles. The van der Waals surface area contributed by atoms with E-state index in [1.807, 2.05) is 24.3 Å². The summed E-state index contributed by atoms with van der Waals surface area (Å²) in [6.45, 7) is 3.14. The first kappa shape index (κ1) is 18.8. The summed E-state index contributed by atoms with van der Waals surface area (Å²) in [4.78, 5) is 24.7. The number of aromatic amines is 1. The van der Waals surface area contributed by atoms with E-state index in [-0.39, 0.29) is 5.56 Å². The lowest BCUT2D eigenvalue weighted by Gasteiger charge is -2.42. The molecule has 0 aliphatic carbocycles. The second-order valence-electron chi connectivity index (χ2n) is 8.35. The molecule has 2 fully saturated rings. The average Bonchev–Trinajstić information content (AvgIpc) is 3.01. The Bertz CT molecular complexity index is 1130. The summed E-state index contributed by atoms with van der Waals surface area (Å²) in [5.74, 6) is 0. The van der Waals surface area contributed by atoms with E-state index in [9.17, 15) is 4.79 Å². The van der Waals surface area contributed by atoms with Gasteiger partial charge in [-0.05, 0) is 74.7 Å². The standard InChI is InChI=1S/C24H25N5O/c25-14-17-5-7-19(8-6-17)28-15-20-9-10-21(16-28)29(20)12-2-3-18-13-23-22(24(30)27-18)4-1-11-26-23/h1,4-8,11,13,20-21H,2-3,9-10,12,15-16H2,(H,27,30). The maximum atomic E-state index is 12.3. The van der Waals surface area contributed by atoms with E-state index in [4.69, 9.17) is 5.26 Å². The normalized spacial score (nSPS) is 21.1. The second kappa shape index (κ2) is 7.92. The number of H-pyrrole nitrogens is 1. The number of anilines is 1. The maximum absolute atomic E-state index is 12.3. The highest BCUT2D eigenvalue weighted by atomic mass is 16.1. The molecule has 1 N–H and O–H groups in total. The summed E-state index contributed by atoms with van der Waals surface area (Å²) in [5, 5.41) is 9.66. The number of hydrogen-bond donors (Lipinski definition) is 1. The Labute approximate surface area is 175 Å². The van der Waals surface area contributed by atoms with Crippen LogP contribution >= 0.6 is 0 Å². The molecule has 30 heavy (non-hydrogen) atoms. The zero-order valence-electron chi connectivity index (χ0n) is 16.9. The van der Waals surface area contributed by atoms with Gasteiger partial charge < -0.3 is 9.88 Å². The van der Waals surface area contributed by atoms with Crippen LogP contribution in [0.2, 0.25) is 0 Å². The maximum Gasteiger partial charge on any atom is 0.257 e. The van der Waals surface area contributed by atoms with Gasteiger partial charge in [-0.2, -0.15) is 5.26 Å². The van der Waals surface area contributed by atoms with Gasteiger partial charge in [0.05, 0.1) is 22.5 Å². The van der Waals surface area contributed by atoms with Gasteiger partial charge in [-0.3, -0.25) is 14.7 Å². The van der Waals surface area contributed by atoms with E-state index in [0.717, 1.165) is 43.7 Å². The van der Waals surface area contributed by atoms with Crippen LogP contribution in [-0.2, 0) is 6.42 Å². The monoisotopic (exact) mass is 399 g/mol. The Kier molecular flexibility index (Phi) is 4.97. The van der Waals surface area contributed by atoms with Gasteiger partial charge in [0.2, 0.25) is 0 Å². The number of hydrogen-bond acceptors (Lipinski definition) is 5. The minimum atomic E-state index is -0.0494. The topological polar surface area (TPSA) is 76.0 Å². The SMILES string of the molecule is N#Cc1ccc(N2CC3CCC(C2)N3CCCc2cc3ncccc3c(=O)[nH]2)cc1. The molecule has 4 heterocycles. The van der Waals surface area contributed by atoms with Crippen molar-refractivity contribution in [1.29, 1.82) is 5.26 Å². The van der Waals surface area contributed by atoms with Gasteiger partial charge in [0, 0.05) is 42.8 Å². The van der Waals surface area contributed by atoms with E-state index >= 15 is 0 Å². The van der Waals surface area contributed by atoms with Crippen molar-refractivity contribution in [2.75, 3.05) is 24.5 Å². The number of nitriles is 1. The van der Waals surface area contributed by atoms with E-state index in [0.29, 0.717) is 23.0 Å². The number of aromatic nitrogens is 2. The fourth-order valence-electron chi connectivity index (χ4n) is 5.04. The highest BCUT2D eigenvalue weighted by Crippen LogP contribution is 2.32. The van der Waals surface area contributed by atoms with Crippen LogP contribution in [0.15, 0.2) is 53.5 Å². The highest BCUT2D eigenvalue weighted by molar-refractivity contribution is 5.77. The number of nitrogens with one attached hydrogen (secondary N) is 1. The Balaban J connectivity index is 1.21. The quantitative estimate of drug-likeness (QED) is 0.714. The molecule has 5 rings (SSSR count). The van der Waals surface area contributed by atoms with E-state index in [1.165, 1.54) is 18.5 Å². The molecular formula is C24H25N5O. The Morgan fingerprint density at radius 2 is 1.90 bits per heavy atom. The average molecular weight is 399 g/mol. The zero-order chi connectivity index (χ0) is 20.5. The van der Waals surface area contributed by atoms with Gasteiger partial charge in [0.25, 0.3) is 5.56 Å². The summed E-state index contributed by atoms with van der Waals surface area (Å²) < 4.78 is 0. The smallest absolute Gasteiger partial charge is 0.257 e. The molecule has 0 saturated carbocycles. The van der Waals surface area contributed by atoms with Gasteiger partial charge in [-0.15, -0.1) is 0 Å². The number of aryl methyl sites for hydroxylation is 1. The van der Waals surface area contributed by atoms with Gasteiger partial charge in [-0.25, -0.2) is 0 Å². The minimum Gasteiger partial charge on any atom is -0.368 e. The summed E-state index contributed by atoms with van der Waals surface area (Å²) in [5.41, 5.74) is 3.61. The summed E-state index contributed by atoms with van der Waals surface area (Å²) in [7, 11) is 0. The van der Waals surface area contributed by atoms with Crippen LogP contribution in [-0.4, -0.2) is 46.6 Å². The summed E-state index contributed by atoms with van der Waals surface area (Å²) in [6, 6.07) is 16.9. The van der Waals surface area contributed by atoms with E-state index in [1.54, 1.807) is 12.3 Å². The number of rotatable bonds is 5. The molecule has 0 amide bonds. The molecule has 6 nitrogen and oxygen atoms in total. The molecule has 152 valence electrons. The van der Waals surface area contributed by atoms with Crippen LogP contribution in [0.5, 0.6) is 0 Å². The van der Waals surface area contributed by atoms with Crippen molar-refractivity contribution in [2.45, 2.75) is 37.8 Å². The zero-order valence-corrected chi connectivity index (χ0v) is 16.9. The Morgan fingerprint density at radius 3 is 2.63 bits per heavy atom. The molecule has 2 bridgehead atoms. The van der Waals surface area contributed by atoms with Crippen LogP contribution in [0.25, 0.3) is 10.9 Å². The number of benzene rings is 1.